The molecule has 0 aliphatic rings. The molecule has 0 aliphatic heterocycles. The molecule has 0 spiro atoms. The van der Waals surface area contributed by atoms with Crippen LogP contribution < -0.4 is 10.6 Å². The molecular weight excluding hydrogens is 350 g/mol. The Kier molecular flexibility index (Phi) is 5.62. The highest BCUT2D eigenvalue weighted by Crippen LogP contribution is 2.31. The average Bonchev–Trinajstić information content (AvgIpc) is 3.06. The van der Waals surface area contributed by atoms with E-state index in [1.165, 1.54) is 34.4 Å². The lowest BCUT2D eigenvalue weighted by molar-refractivity contribution is -0.115. The Labute approximate surface area is 147 Å². The van der Waals surface area contributed by atoms with Gasteiger partial charge < -0.3 is 10.6 Å². The van der Waals surface area contributed by atoms with E-state index in [4.69, 9.17) is 5.26 Å². The van der Waals surface area contributed by atoms with E-state index in [9.17, 15) is 4.79 Å². The molecule has 2 rings (SSSR count). The SMILES string of the molecule is CC(Sc1nnc(NC(C)(C)C)s1)C(=O)Nc1sccc1C#N. The van der Waals surface area contributed by atoms with Gasteiger partial charge in [0.05, 0.1) is 10.8 Å². The Balaban J connectivity index is 1.95. The van der Waals surface area contributed by atoms with Crippen molar-refractivity contribution < 1.29 is 4.79 Å². The van der Waals surface area contributed by atoms with Crippen LogP contribution in [-0.4, -0.2) is 26.9 Å². The standard InChI is InChI=1S/C14H17N5OS3/c1-8(10(20)16-11-9(7-15)5-6-21-11)22-13-19-18-12(23-13)17-14(2,3)4/h5-6,8H,1-4H3,(H,16,20)(H,17,18). The third kappa shape index (κ3) is 5.20. The van der Waals surface area contributed by atoms with Crippen molar-refractivity contribution in [1.82, 2.24) is 10.2 Å². The summed E-state index contributed by atoms with van der Waals surface area (Å²) >= 11 is 4.11. The zero-order valence-corrected chi connectivity index (χ0v) is 15.7. The number of carbonyl (C=O) groups is 1. The van der Waals surface area contributed by atoms with Gasteiger partial charge in [0, 0.05) is 5.54 Å². The second-order valence-electron chi connectivity index (χ2n) is 5.77. The molecule has 1 unspecified atom stereocenters. The third-order valence-corrected chi connectivity index (χ3v) is 5.41. The molecule has 0 aromatic carbocycles. The Morgan fingerprint density at radius 2 is 2.17 bits per heavy atom. The van der Waals surface area contributed by atoms with Gasteiger partial charge in [0.2, 0.25) is 11.0 Å². The number of nitrogens with zero attached hydrogens (tertiary/aromatic N) is 3. The van der Waals surface area contributed by atoms with Crippen molar-refractivity contribution >= 4 is 50.5 Å². The lowest BCUT2D eigenvalue weighted by atomic mass is 10.1. The van der Waals surface area contributed by atoms with Crippen molar-refractivity contribution in [3.8, 4) is 6.07 Å². The molecular formula is C14H17N5OS3. The van der Waals surface area contributed by atoms with Gasteiger partial charge in [0.15, 0.2) is 4.34 Å². The zero-order valence-electron chi connectivity index (χ0n) is 13.2. The van der Waals surface area contributed by atoms with E-state index in [1.807, 2.05) is 20.8 Å². The highest BCUT2D eigenvalue weighted by molar-refractivity contribution is 8.02. The van der Waals surface area contributed by atoms with Crippen LogP contribution in [0.1, 0.15) is 33.3 Å². The molecule has 1 atom stereocenters. The summed E-state index contributed by atoms with van der Waals surface area (Å²) in [6.45, 7) is 7.94. The topological polar surface area (TPSA) is 90.7 Å². The number of thiophene rings is 1. The van der Waals surface area contributed by atoms with Gasteiger partial charge in [0.25, 0.3) is 0 Å². The Bertz CT molecular complexity index is 725. The van der Waals surface area contributed by atoms with Gasteiger partial charge in [0.1, 0.15) is 11.1 Å². The van der Waals surface area contributed by atoms with E-state index >= 15 is 0 Å². The van der Waals surface area contributed by atoms with Crippen molar-refractivity contribution in [2.24, 2.45) is 0 Å². The highest BCUT2D eigenvalue weighted by Gasteiger charge is 2.20. The van der Waals surface area contributed by atoms with Gasteiger partial charge in [-0.1, -0.05) is 23.1 Å². The van der Waals surface area contributed by atoms with Gasteiger partial charge in [-0.25, -0.2) is 0 Å². The first kappa shape index (κ1) is 17.7. The van der Waals surface area contributed by atoms with Gasteiger partial charge in [-0.15, -0.1) is 21.5 Å². The molecule has 0 saturated carbocycles. The summed E-state index contributed by atoms with van der Waals surface area (Å²) in [4.78, 5) is 12.2. The van der Waals surface area contributed by atoms with Crippen LogP contribution in [0.25, 0.3) is 0 Å². The van der Waals surface area contributed by atoms with Crippen LogP contribution in [0, 0.1) is 11.3 Å². The summed E-state index contributed by atoms with van der Waals surface area (Å²) in [5.41, 5.74) is 0.394. The number of aromatic nitrogens is 2. The first-order valence-electron chi connectivity index (χ1n) is 6.85. The maximum Gasteiger partial charge on any atom is 0.238 e. The number of amides is 1. The molecule has 23 heavy (non-hydrogen) atoms. The lowest BCUT2D eigenvalue weighted by Gasteiger charge is -2.18. The smallest absolute Gasteiger partial charge is 0.238 e. The fourth-order valence-corrected chi connectivity index (χ4v) is 4.39. The predicted octanol–water partition coefficient (Wildman–Crippen LogP) is 3.80. The van der Waals surface area contributed by atoms with Crippen LogP contribution in [0.3, 0.4) is 0 Å². The van der Waals surface area contributed by atoms with E-state index in [2.05, 4.69) is 26.9 Å². The third-order valence-electron chi connectivity index (χ3n) is 2.56. The normalized spacial score (nSPS) is 12.5. The van der Waals surface area contributed by atoms with E-state index in [1.54, 1.807) is 18.4 Å². The van der Waals surface area contributed by atoms with Crippen LogP contribution in [0.5, 0.6) is 0 Å². The summed E-state index contributed by atoms with van der Waals surface area (Å²) < 4.78 is 0.728. The summed E-state index contributed by atoms with van der Waals surface area (Å²) in [6, 6.07) is 3.74. The summed E-state index contributed by atoms with van der Waals surface area (Å²) in [5, 5.41) is 25.9. The van der Waals surface area contributed by atoms with Crippen molar-refractivity contribution in [2.75, 3.05) is 10.6 Å². The van der Waals surface area contributed by atoms with Gasteiger partial charge >= 0.3 is 0 Å². The molecule has 2 heterocycles. The molecule has 2 N–H and O–H groups in total. The number of rotatable bonds is 5. The number of thioether (sulfide) groups is 1. The molecule has 0 radical (unpaired) electrons. The summed E-state index contributed by atoms with van der Waals surface area (Å²) in [5.74, 6) is -0.158. The molecule has 0 bridgehead atoms. The van der Waals surface area contributed by atoms with Crippen LogP contribution in [0.2, 0.25) is 0 Å². The Morgan fingerprint density at radius 1 is 1.43 bits per heavy atom. The van der Waals surface area contributed by atoms with Crippen molar-refractivity contribution in [3.05, 3.63) is 17.0 Å². The predicted molar refractivity (Wildman–Crippen MR) is 96.3 cm³/mol. The molecule has 9 heteroatoms. The average molecular weight is 368 g/mol. The summed E-state index contributed by atoms with van der Waals surface area (Å²) in [6.07, 6.45) is 0. The van der Waals surface area contributed by atoms with Crippen LogP contribution in [0.15, 0.2) is 15.8 Å². The molecule has 6 nitrogen and oxygen atoms in total. The molecule has 122 valence electrons. The second kappa shape index (κ2) is 7.29. The highest BCUT2D eigenvalue weighted by atomic mass is 32.2. The first-order valence-corrected chi connectivity index (χ1v) is 9.43. The molecule has 2 aromatic rings. The van der Waals surface area contributed by atoms with E-state index < -0.39 is 0 Å². The van der Waals surface area contributed by atoms with Crippen LogP contribution >= 0.6 is 34.4 Å². The van der Waals surface area contributed by atoms with Crippen molar-refractivity contribution in [3.63, 3.8) is 0 Å². The van der Waals surface area contributed by atoms with E-state index in [0.717, 1.165) is 9.47 Å². The number of carbonyl (C=O) groups excluding carboxylic acids is 1. The van der Waals surface area contributed by atoms with Gasteiger partial charge in [-0.2, -0.15) is 5.26 Å². The minimum absolute atomic E-state index is 0.0860. The number of nitriles is 1. The van der Waals surface area contributed by atoms with Crippen LogP contribution in [0.4, 0.5) is 10.1 Å². The second-order valence-corrected chi connectivity index (χ2v) is 9.25. The monoisotopic (exact) mass is 367 g/mol. The maximum absolute atomic E-state index is 12.2. The minimum Gasteiger partial charge on any atom is -0.355 e. The molecule has 0 aliphatic carbocycles. The molecule has 1 amide bonds. The number of nitrogens with one attached hydrogen (secondary N) is 2. The van der Waals surface area contributed by atoms with E-state index in [-0.39, 0.29) is 16.7 Å². The lowest BCUT2D eigenvalue weighted by Crippen LogP contribution is -2.25. The molecule has 0 fully saturated rings. The Hall–Kier alpha value is -1.63. The number of anilines is 2. The number of hydrogen-bond acceptors (Lipinski definition) is 8. The first-order chi connectivity index (χ1) is 10.8. The van der Waals surface area contributed by atoms with Gasteiger partial charge in [-0.05, 0) is 39.1 Å². The summed E-state index contributed by atoms with van der Waals surface area (Å²) in [7, 11) is 0. The maximum atomic E-state index is 12.2. The quantitative estimate of drug-likeness (QED) is 0.781. The minimum atomic E-state index is -0.334. The van der Waals surface area contributed by atoms with Crippen molar-refractivity contribution in [2.45, 2.75) is 42.8 Å². The largest absolute Gasteiger partial charge is 0.355 e. The van der Waals surface area contributed by atoms with E-state index in [0.29, 0.717) is 10.6 Å². The zero-order chi connectivity index (χ0) is 17.0. The fraction of sp³-hybridized carbons (Fsp3) is 0.429. The molecule has 0 saturated heterocycles. The molecule has 2 aromatic heterocycles. The Morgan fingerprint density at radius 3 is 2.83 bits per heavy atom. The van der Waals surface area contributed by atoms with Crippen LogP contribution in [-0.2, 0) is 4.79 Å². The number of hydrogen-bond donors (Lipinski definition) is 2. The van der Waals surface area contributed by atoms with Gasteiger partial charge in [-0.3, -0.25) is 4.79 Å². The van der Waals surface area contributed by atoms with Crippen molar-refractivity contribution in [1.29, 1.82) is 5.26 Å². The fourth-order valence-electron chi connectivity index (χ4n) is 1.54.